The summed E-state index contributed by atoms with van der Waals surface area (Å²) < 4.78 is 2.28. The van der Waals surface area contributed by atoms with Crippen LogP contribution in [-0.2, 0) is 7.05 Å². The van der Waals surface area contributed by atoms with Gasteiger partial charge in [0.05, 0.1) is 0 Å². The number of hydrogen-bond acceptors (Lipinski definition) is 0. The van der Waals surface area contributed by atoms with Gasteiger partial charge < -0.3 is 4.57 Å². The fourth-order valence-electron chi connectivity index (χ4n) is 2.16. The largest absolute Gasteiger partial charge is 0.354 e. The molecule has 1 heteroatoms. The topological polar surface area (TPSA) is 4.93 Å². The molecule has 0 aromatic carbocycles. The summed E-state index contributed by atoms with van der Waals surface area (Å²) in [4.78, 5) is 0. The van der Waals surface area contributed by atoms with Gasteiger partial charge in [-0.2, -0.15) is 0 Å². The molecular weight excluding hydrogens is 158 g/mol. The lowest BCUT2D eigenvalue weighted by atomic mass is 9.94. The molecule has 0 spiro atoms. The fraction of sp³-hybridized carbons (Fsp3) is 0.667. The Bertz CT molecular complexity index is 241. The van der Waals surface area contributed by atoms with Gasteiger partial charge in [0.2, 0.25) is 0 Å². The Labute approximate surface area is 81.8 Å². The van der Waals surface area contributed by atoms with Crippen LogP contribution in [0.4, 0.5) is 0 Å². The molecule has 0 aliphatic heterocycles. The maximum atomic E-state index is 2.28. The minimum Gasteiger partial charge on any atom is -0.354 e. The van der Waals surface area contributed by atoms with E-state index in [1.54, 1.807) is 0 Å². The van der Waals surface area contributed by atoms with Crippen LogP contribution < -0.4 is 0 Å². The van der Waals surface area contributed by atoms with Gasteiger partial charge in [0.25, 0.3) is 0 Å². The molecule has 0 saturated heterocycles. The monoisotopic (exact) mass is 179 g/mol. The highest BCUT2D eigenvalue weighted by molar-refractivity contribution is 5.24. The molecule has 0 aliphatic carbocycles. The average molecular weight is 179 g/mol. The van der Waals surface area contributed by atoms with Crippen molar-refractivity contribution in [1.29, 1.82) is 0 Å². The lowest BCUT2D eigenvalue weighted by Crippen LogP contribution is -2.04. The smallest absolute Gasteiger partial charge is 0.0232 e. The van der Waals surface area contributed by atoms with Crippen molar-refractivity contribution in [1.82, 2.24) is 4.57 Å². The summed E-state index contributed by atoms with van der Waals surface area (Å²) in [5.74, 6) is 0.755. The number of aryl methyl sites for hydroxylation is 2. The average Bonchev–Trinajstić information content (AvgIpc) is 2.43. The van der Waals surface area contributed by atoms with Gasteiger partial charge in [-0.1, -0.05) is 20.3 Å². The minimum atomic E-state index is 0.755. The van der Waals surface area contributed by atoms with Crippen molar-refractivity contribution in [2.24, 2.45) is 7.05 Å². The molecule has 0 radical (unpaired) electrons. The lowest BCUT2D eigenvalue weighted by molar-refractivity contribution is 0.558. The Hall–Kier alpha value is -0.720. The highest BCUT2D eigenvalue weighted by Gasteiger charge is 2.13. The molecule has 0 saturated carbocycles. The molecule has 1 aromatic heterocycles. The van der Waals surface area contributed by atoms with Gasteiger partial charge in [0, 0.05) is 18.9 Å². The molecule has 0 N–H and O–H groups in total. The van der Waals surface area contributed by atoms with E-state index in [1.807, 2.05) is 0 Å². The minimum absolute atomic E-state index is 0.755. The molecule has 0 fully saturated rings. The van der Waals surface area contributed by atoms with Crippen molar-refractivity contribution in [2.75, 3.05) is 0 Å². The summed E-state index contributed by atoms with van der Waals surface area (Å²) in [7, 11) is 2.15. The molecule has 0 aliphatic rings. The third-order valence-electron chi connectivity index (χ3n) is 2.85. The van der Waals surface area contributed by atoms with Crippen LogP contribution >= 0.6 is 0 Å². The Morgan fingerprint density at radius 3 is 2.46 bits per heavy atom. The molecule has 74 valence electrons. The van der Waals surface area contributed by atoms with Crippen LogP contribution in [0.25, 0.3) is 0 Å². The first-order valence-electron chi connectivity index (χ1n) is 5.32. The van der Waals surface area contributed by atoms with Crippen molar-refractivity contribution < 1.29 is 0 Å². The van der Waals surface area contributed by atoms with E-state index in [-0.39, 0.29) is 0 Å². The zero-order valence-corrected chi connectivity index (χ0v) is 9.30. The van der Waals surface area contributed by atoms with E-state index in [0.29, 0.717) is 0 Å². The lowest BCUT2D eigenvalue weighted by Gasteiger charge is -2.16. The van der Waals surface area contributed by atoms with Gasteiger partial charge in [-0.05, 0) is 37.3 Å². The second-order valence-electron chi connectivity index (χ2n) is 3.89. The van der Waals surface area contributed by atoms with E-state index in [4.69, 9.17) is 0 Å². The molecule has 1 aromatic rings. The van der Waals surface area contributed by atoms with E-state index in [0.717, 1.165) is 5.92 Å². The fourth-order valence-corrected chi connectivity index (χ4v) is 2.16. The predicted octanol–water partition coefficient (Wildman–Crippen LogP) is 3.63. The molecule has 1 heterocycles. The van der Waals surface area contributed by atoms with Crippen LogP contribution in [0.3, 0.4) is 0 Å². The summed E-state index contributed by atoms with van der Waals surface area (Å²) in [6.45, 7) is 6.77. The molecule has 0 bridgehead atoms. The first-order valence-corrected chi connectivity index (χ1v) is 5.32. The summed E-state index contributed by atoms with van der Waals surface area (Å²) in [5.41, 5.74) is 2.98. The second kappa shape index (κ2) is 4.50. The summed E-state index contributed by atoms with van der Waals surface area (Å²) in [6, 6.07) is 2.22. The Balaban J connectivity index is 2.89. The Morgan fingerprint density at radius 2 is 2.08 bits per heavy atom. The first-order chi connectivity index (χ1) is 6.20. The van der Waals surface area contributed by atoms with Crippen LogP contribution in [0.2, 0.25) is 0 Å². The SMILES string of the molecule is CCCC(CC)c1c(C)ccn1C. The molecule has 1 nitrogen and oxygen atoms in total. The van der Waals surface area contributed by atoms with E-state index >= 15 is 0 Å². The standard InChI is InChI=1S/C12H21N/c1-5-7-11(6-2)12-10(3)8-9-13(12)4/h8-9,11H,5-7H2,1-4H3. The van der Waals surface area contributed by atoms with Crippen LogP contribution in [0.5, 0.6) is 0 Å². The van der Waals surface area contributed by atoms with Gasteiger partial charge >= 0.3 is 0 Å². The summed E-state index contributed by atoms with van der Waals surface area (Å²) in [5, 5.41) is 0. The number of nitrogens with zero attached hydrogens (tertiary/aromatic N) is 1. The molecule has 1 unspecified atom stereocenters. The van der Waals surface area contributed by atoms with Gasteiger partial charge in [0.15, 0.2) is 0 Å². The maximum Gasteiger partial charge on any atom is 0.0232 e. The molecule has 0 amide bonds. The number of aromatic nitrogens is 1. The van der Waals surface area contributed by atoms with Gasteiger partial charge in [0.1, 0.15) is 0 Å². The van der Waals surface area contributed by atoms with Gasteiger partial charge in [-0.3, -0.25) is 0 Å². The first kappa shape index (κ1) is 10.4. The van der Waals surface area contributed by atoms with E-state index in [1.165, 1.54) is 30.5 Å². The van der Waals surface area contributed by atoms with Crippen molar-refractivity contribution in [3.63, 3.8) is 0 Å². The second-order valence-corrected chi connectivity index (χ2v) is 3.89. The van der Waals surface area contributed by atoms with Gasteiger partial charge in [-0.15, -0.1) is 0 Å². The molecule has 1 rings (SSSR count). The van der Waals surface area contributed by atoms with E-state index < -0.39 is 0 Å². The maximum absolute atomic E-state index is 2.28. The zero-order valence-electron chi connectivity index (χ0n) is 9.30. The van der Waals surface area contributed by atoms with Gasteiger partial charge in [-0.25, -0.2) is 0 Å². The molecule has 1 atom stereocenters. The summed E-state index contributed by atoms with van der Waals surface area (Å²) >= 11 is 0. The highest BCUT2D eigenvalue weighted by Crippen LogP contribution is 2.27. The normalized spacial score (nSPS) is 13.2. The highest BCUT2D eigenvalue weighted by atomic mass is 14.9. The van der Waals surface area contributed by atoms with Crippen LogP contribution in [0.1, 0.15) is 50.3 Å². The van der Waals surface area contributed by atoms with Crippen molar-refractivity contribution in [3.05, 3.63) is 23.5 Å². The van der Waals surface area contributed by atoms with Crippen molar-refractivity contribution >= 4 is 0 Å². The molecular formula is C12H21N. The number of hydrogen-bond donors (Lipinski definition) is 0. The Kier molecular flexibility index (Phi) is 3.58. The van der Waals surface area contributed by atoms with Crippen molar-refractivity contribution in [2.45, 2.75) is 46.0 Å². The zero-order chi connectivity index (χ0) is 9.84. The Morgan fingerprint density at radius 1 is 1.38 bits per heavy atom. The molecule has 13 heavy (non-hydrogen) atoms. The third kappa shape index (κ3) is 2.15. The van der Waals surface area contributed by atoms with Crippen LogP contribution in [0, 0.1) is 6.92 Å². The van der Waals surface area contributed by atoms with Crippen LogP contribution in [-0.4, -0.2) is 4.57 Å². The van der Waals surface area contributed by atoms with E-state index in [2.05, 4.69) is 44.6 Å². The third-order valence-corrected chi connectivity index (χ3v) is 2.85. The van der Waals surface area contributed by atoms with Crippen LogP contribution in [0.15, 0.2) is 12.3 Å². The summed E-state index contributed by atoms with van der Waals surface area (Å²) in [6.07, 6.45) is 6.02. The van der Waals surface area contributed by atoms with E-state index in [9.17, 15) is 0 Å². The predicted molar refractivity (Wildman–Crippen MR) is 58.1 cm³/mol. The number of rotatable bonds is 4. The van der Waals surface area contributed by atoms with Crippen molar-refractivity contribution in [3.8, 4) is 0 Å². The quantitative estimate of drug-likeness (QED) is 0.665.